The van der Waals surface area contributed by atoms with Gasteiger partial charge in [0.15, 0.2) is 5.50 Å². The molecule has 0 saturated heterocycles. The van der Waals surface area contributed by atoms with E-state index < -0.39 is 5.50 Å². The van der Waals surface area contributed by atoms with Gasteiger partial charge in [-0.05, 0) is 6.42 Å². The molecule has 0 amide bonds. The standard InChI is InChI=1S/C10H26N3O2S/c1-2-5-13(6-3-8-14,7-4-9-15)16-10(11)12/h10,14-15H,2-9,11-12H2,1H3/q+1. The van der Waals surface area contributed by atoms with Crippen LogP contribution in [0.3, 0.4) is 0 Å². The van der Waals surface area contributed by atoms with Gasteiger partial charge in [0.2, 0.25) is 0 Å². The minimum atomic E-state index is -0.413. The zero-order valence-electron chi connectivity index (χ0n) is 10.1. The minimum absolute atomic E-state index is 0.184. The number of hydrogen-bond acceptors (Lipinski definition) is 5. The van der Waals surface area contributed by atoms with Crippen LogP contribution in [0, 0.1) is 0 Å². The van der Waals surface area contributed by atoms with Gasteiger partial charge < -0.3 is 21.7 Å². The SMILES string of the molecule is CCC[N+](CCCO)(CCCO)SC(N)N. The molecule has 0 unspecified atom stereocenters. The van der Waals surface area contributed by atoms with E-state index in [1.54, 1.807) is 0 Å². The highest BCUT2D eigenvalue weighted by atomic mass is 32.2. The van der Waals surface area contributed by atoms with E-state index in [-0.39, 0.29) is 13.2 Å². The zero-order valence-corrected chi connectivity index (χ0v) is 11.0. The average molecular weight is 252 g/mol. The summed E-state index contributed by atoms with van der Waals surface area (Å²) in [5, 5.41) is 17.9. The fourth-order valence-corrected chi connectivity index (χ4v) is 3.15. The Morgan fingerprint density at radius 2 is 1.56 bits per heavy atom. The molecule has 6 heteroatoms. The van der Waals surface area contributed by atoms with Gasteiger partial charge in [-0.3, -0.25) is 3.89 Å². The highest BCUT2D eigenvalue weighted by Crippen LogP contribution is 2.25. The van der Waals surface area contributed by atoms with Crippen LogP contribution in [-0.2, 0) is 0 Å². The Morgan fingerprint density at radius 3 is 1.88 bits per heavy atom. The summed E-state index contributed by atoms with van der Waals surface area (Å²) < 4.78 is 0.731. The smallest absolute Gasteiger partial charge is 0.156 e. The Balaban J connectivity index is 4.45. The highest BCUT2D eigenvalue weighted by Gasteiger charge is 2.29. The van der Waals surface area contributed by atoms with Gasteiger partial charge in [0.25, 0.3) is 0 Å². The van der Waals surface area contributed by atoms with Crippen molar-refractivity contribution >= 4 is 11.9 Å². The number of aliphatic hydroxyl groups is 2. The van der Waals surface area contributed by atoms with Gasteiger partial charge in [-0.1, -0.05) is 6.92 Å². The van der Waals surface area contributed by atoms with Gasteiger partial charge in [-0.15, -0.1) is 0 Å². The van der Waals surface area contributed by atoms with E-state index in [2.05, 4.69) is 6.92 Å². The summed E-state index contributed by atoms with van der Waals surface area (Å²) in [4.78, 5) is 0. The van der Waals surface area contributed by atoms with E-state index in [4.69, 9.17) is 21.7 Å². The highest BCUT2D eigenvalue weighted by molar-refractivity contribution is 7.94. The summed E-state index contributed by atoms with van der Waals surface area (Å²) in [7, 11) is 0. The van der Waals surface area contributed by atoms with Gasteiger partial charge in [0.1, 0.15) is 11.9 Å². The van der Waals surface area contributed by atoms with Crippen molar-refractivity contribution in [3.8, 4) is 0 Å². The largest absolute Gasteiger partial charge is 0.396 e. The molecule has 16 heavy (non-hydrogen) atoms. The van der Waals surface area contributed by atoms with Crippen molar-refractivity contribution in [2.75, 3.05) is 32.8 Å². The van der Waals surface area contributed by atoms with Crippen LogP contribution in [0.1, 0.15) is 26.2 Å². The van der Waals surface area contributed by atoms with Crippen molar-refractivity contribution in [2.45, 2.75) is 31.7 Å². The molecule has 0 spiro atoms. The second kappa shape index (κ2) is 9.21. The molecular weight excluding hydrogens is 226 g/mol. The third kappa shape index (κ3) is 6.67. The fraction of sp³-hybridized carbons (Fsp3) is 1.00. The number of rotatable bonds is 10. The van der Waals surface area contributed by atoms with Crippen molar-refractivity contribution in [3.63, 3.8) is 0 Å². The molecule has 0 saturated carbocycles. The molecular formula is C10H26N3O2S+. The molecule has 0 atom stereocenters. The molecule has 6 N–H and O–H groups in total. The molecule has 0 aliphatic carbocycles. The van der Waals surface area contributed by atoms with E-state index in [0.717, 1.165) is 42.8 Å². The minimum Gasteiger partial charge on any atom is -0.396 e. The Hall–Kier alpha value is 0.150. The molecule has 0 aliphatic heterocycles. The van der Waals surface area contributed by atoms with Gasteiger partial charge in [0.05, 0.1) is 19.6 Å². The van der Waals surface area contributed by atoms with Crippen LogP contribution in [0.25, 0.3) is 0 Å². The Morgan fingerprint density at radius 1 is 1.06 bits per heavy atom. The lowest BCUT2D eigenvalue weighted by Crippen LogP contribution is -2.48. The first-order valence-corrected chi connectivity index (χ1v) is 6.71. The first-order valence-electron chi connectivity index (χ1n) is 5.87. The van der Waals surface area contributed by atoms with Crippen LogP contribution in [0.15, 0.2) is 0 Å². The lowest BCUT2D eigenvalue weighted by molar-refractivity contribution is -0.797. The number of nitrogens with two attached hydrogens (primary N) is 2. The molecule has 0 aliphatic rings. The van der Waals surface area contributed by atoms with Crippen LogP contribution in [0.2, 0.25) is 0 Å². The van der Waals surface area contributed by atoms with Gasteiger partial charge >= 0.3 is 0 Å². The fourth-order valence-electron chi connectivity index (χ4n) is 1.88. The van der Waals surface area contributed by atoms with Gasteiger partial charge in [0, 0.05) is 26.1 Å². The number of aliphatic hydroxyl groups excluding tert-OH is 2. The molecule has 0 bridgehead atoms. The average Bonchev–Trinajstić information content (AvgIpc) is 2.23. The quantitative estimate of drug-likeness (QED) is 0.246. The van der Waals surface area contributed by atoms with Crippen molar-refractivity contribution in [1.29, 1.82) is 0 Å². The maximum Gasteiger partial charge on any atom is 0.156 e. The molecule has 0 aromatic carbocycles. The lowest BCUT2D eigenvalue weighted by atomic mass is 10.3. The first-order chi connectivity index (χ1) is 7.60. The third-order valence-electron chi connectivity index (χ3n) is 2.42. The second-order valence-corrected chi connectivity index (χ2v) is 5.48. The second-order valence-electron chi connectivity index (χ2n) is 3.95. The van der Waals surface area contributed by atoms with E-state index in [9.17, 15) is 0 Å². The van der Waals surface area contributed by atoms with Gasteiger partial charge in [-0.2, -0.15) is 0 Å². The topological polar surface area (TPSA) is 92.5 Å². The first kappa shape index (κ1) is 16.1. The van der Waals surface area contributed by atoms with Crippen molar-refractivity contribution in [1.82, 2.24) is 0 Å². The summed E-state index contributed by atoms with van der Waals surface area (Å²) in [6, 6.07) is 0. The Bertz CT molecular complexity index is 162. The van der Waals surface area contributed by atoms with Crippen LogP contribution in [-0.4, -0.2) is 52.4 Å². The monoisotopic (exact) mass is 252 g/mol. The lowest BCUT2D eigenvalue weighted by Gasteiger charge is -2.36. The van der Waals surface area contributed by atoms with Crippen LogP contribution in [0.5, 0.6) is 0 Å². The van der Waals surface area contributed by atoms with Crippen molar-refractivity contribution in [2.24, 2.45) is 11.5 Å². The number of quaternary nitrogens is 1. The van der Waals surface area contributed by atoms with Gasteiger partial charge in [-0.25, -0.2) is 0 Å². The predicted octanol–water partition coefficient (Wildman–Crippen LogP) is -0.173. The van der Waals surface area contributed by atoms with E-state index in [1.165, 1.54) is 11.9 Å². The van der Waals surface area contributed by atoms with Crippen molar-refractivity contribution < 1.29 is 14.1 Å². The third-order valence-corrected chi connectivity index (χ3v) is 3.66. The van der Waals surface area contributed by atoms with Crippen molar-refractivity contribution in [3.05, 3.63) is 0 Å². The summed E-state index contributed by atoms with van der Waals surface area (Å²) in [5.74, 6) is 0. The summed E-state index contributed by atoms with van der Waals surface area (Å²) in [6.07, 6.45) is 2.52. The van der Waals surface area contributed by atoms with Crippen LogP contribution >= 0.6 is 11.9 Å². The zero-order chi connectivity index (χ0) is 12.4. The summed E-state index contributed by atoms with van der Waals surface area (Å²) in [6.45, 7) is 5.15. The Labute approximate surface area is 103 Å². The summed E-state index contributed by atoms with van der Waals surface area (Å²) >= 11 is 1.52. The van der Waals surface area contributed by atoms with E-state index in [1.807, 2.05) is 0 Å². The number of nitrogens with zero attached hydrogens (tertiary/aromatic N) is 1. The molecule has 5 nitrogen and oxygen atoms in total. The molecule has 98 valence electrons. The van der Waals surface area contributed by atoms with Crippen LogP contribution < -0.4 is 11.5 Å². The Kier molecular flexibility index (Phi) is 9.29. The molecule has 0 heterocycles. The molecule has 0 fully saturated rings. The maximum absolute atomic E-state index is 8.93. The van der Waals surface area contributed by atoms with E-state index >= 15 is 0 Å². The number of hydrogen-bond donors (Lipinski definition) is 4. The summed E-state index contributed by atoms with van der Waals surface area (Å²) in [5.41, 5.74) is 10.9. The maximum atomic E-state index is 8.93. The predicted molar refractivity (Wildman–Crippen MR) is 68.3 cm³/mol. The van der Waals surface area contributed by atoms with E-state index in [0.29, 0.717) is 0 Å². The molecule has 0 radical (unpaired) electrons. The molecule has 0 aromatic rings. The normalized spacial score (nSPS) is 12.4. The molecule has 0 aromatic heterocycles. The van der Waals surface area contributed by atoms with Crippen LogP contribution in [0.4, 0.5) is 0 Å². The molecule has 0 rings (SSSR count).